The van der Waals surface area contributed by atoms with E-state index in [4.69, 9.17) is 0 Å². The summed E-state index contributed by atoms with van der Waals surface area (Å²) in [4.78, 5) is 31.9. The number of rotatable bonds is 6. The van der Waals surface area contributed by atoms with Crippen molar-refractivity contribution in [1.29, 1.82) is 0 Å². The normalized spacial score (nSPS) is 16.6. The topological polar surface area (TPSA) is 77.2 Å². The summed E-state index contributed by atoms with van der Waals surface area (Å²) in [6.07, 6.45) is 4.31. The first-order valence-corrected chi connectivity index (χ1v) is 12.4. The van der Waals surface area contributed by atoms with Gasteiger partial charge in [0.1, 0.15) is 0 Å². The highest BCUT2D eigenvalue weighted by atomic mass is 79.9. The van der Waals surface area contributed by atoms with Crippen molar-refractivity contribution < 1.29 is 9.59 Å². The molecule has 2 amide bonds. The second kappa shape index (κ2) is 9.60. The van der Waals surface area contributed by atoms with Crippen molar-refractivity contribution in [2.24, 2.45) is 0 Å². The Hall–Kier alpha value is -3.16. The van der Waals surface area contributed by atoms with Crippen LogP contribution in [0.15, 0.2) is 53.0 Å². The molecule has 3 N–H and O–H groups in total. The van der Waals surface area contributed by atoms with E-state index < -0.39 is 0 Å². The summed E-state index contributed by atoms with van der Waals surface area (Å²) < 4.78 is 0.901. The van der Waals surface area contributed by atoms with E-state index in [1.165, 1.54) is 12.8 Å². The molecular weight excluding hydrogens is 492 g/mol. The van der Waals surface area contributed by atoms with Crippen LogP contribution in [-0.4, -0.2) is 47.9 Å². The molecule has 3 aromatic rings. The molecule has 0 unspecified atom stereocenters. The minimum Gasteiger partial charge on any atom is -0.358 e. The van der Waals surface area contributed by atoms with E-state index in [0.717, 1.165) is 57.9 Å². The van der Waals surface area contributed by atoms with Gasteiger partial charge in [0, 0.05) is 45.8 Å². The molecule has 3 heterocycles. The monoisotopic (exact) mass is 518 g/mol. The number of hydrogen-bond donors (Lipinski definition) is 3. The van der Waals surface area contributed by atoms with E-state index in [9.17, 15) is 9.59 Å². The first-order valence-electron chi connectivity index (χ1n) is 11.6. The van der Waals surface area contributed by atoms with Crippen molar-refractivity contribution in [2.75, 3.05) is 31.5 Å². The van der Waals surface area contributed by atoms with Gasteiger partial charge >= 0.3 is 0 Å². The predicted octanol–water partition coefficient (Wildman–Crippen LogP) is 5.07. The van der Waals surface area contributed by atoms with Crippen LogP contribution in [0.4, 0.5) is 5.69 Å². The zero-order valence-electron chi connectivity index (χ0n) is 19.1. The highest BCUT2D eigenvalue weighted by molar-refractivity contribution is 9.10. The van der Waals surface area contributed by atoms with Gasteiger partial charge in [0.2, 0.25) is 0 Å². The zero-order valence-corrected chi connectivity index (χ0v) is 20.7. The molecule has 1 saturated heterocycles. The molecule has 1 aromatic heterocycles. The van der Waals surface area contributed by atoms with E-state index in [-0.39, 0.29) is 11.8 Å². The SMILES string of the molecule is Cc1[nH]c(C=C2C(=O)Nc3ccc(Br)cc32)c(-c2ccccc2)c1C(=O)NCCN1CCCC1. The van der Waals surface area contributed by atoms with Gasteiger partial charge in [-0.15, -0.1) is 0 Å². The van der Waals surface area contributed by atoms with Crippen molar-refractivity contribution in [3.8, 4) is 11.1 Å². The Morgan fingerprint density at radius 1 is 1.15 bits per heavy atom. The summed E-state index contributed by atoms with van der Waals surface area (Å²) in [5.41, 5.74) is 6.05. The lowest BCUT2D eigenvalue weighted by Gasteiger charge is -2.15. The summed E-state index contributed by atoms with van der Waals surface area (Å²) in [5, 5.41) is 6.04. The second-order valence-corrected chi connectivity index (χ2v) is 9.70. The van der Waals surface area contributed by atoms with Crippen LogP contribution in [0, 0.1) is 6.92 Å². The van der Waals surface area contributed by atoms with Gasteiger partial charge in [-0.1, -0.05) is 46.3 Å². The summed E-state index contributed by atoms with van der Waals surface area (Å²) >= 11 is 3.50. The summed E-state index contributed by atoms with van der Waals surface area (Å²) in [5.74, 6) is -0.258. The van der Waals surface area contributed by atoms with Crippen LogP contribution in [0.1, 0.15) is 40.2 Å². The van der Waals surface area contributed by atoms with Gasteiger partial charge in [0.05, 0.1) is 11.1 Å². The molecule has 1 fully saturated rings. The number of carbonyl (C=O) groups is 2. The fraction of sp³-hybridized carbons (Fsp3) is 0.259. The van der Waals surface area contributed by atoms with Crippen LogP contribution in [0.2, 0.25) is 0 Å². The molecule has 7 heteroatoms. The summed E-state index contributed by atoms with van der Waals surface area (Å²) in [6, 6.07) is 15.6. The molecular formula is C27H27BrN4O2. The minimum absolute atomic E-state index is 0.101. The minimum atomic E-state index is -0.157. The summed E-state index contributed by atoms with van der Waals surface area (Å²) in [7, 11) is 0. The first kappa shape index (κ1) is 22.6. The third kappa shape index (κ3) is 4.45. The Kier molecular flexibility index (Phi) is 6.39. The molecule has 0 atom stereocenters. The third-order valence-electron chi connectivity index (χ3n) is 6.47. The van der Waals surface area contributed by atoms with Gasteiger partial charge in [-0.25, -0.2) is 0 Å². The average molecular weight is 519 g/mol. The largest absolute Gasteiger partial charge is 0.358 e. The van der Waals surface area contributed by atoms with Gasteiger partial charge in [0.25, 0.3) is 11.8 Å². The Morgan fingerprint density at radius 3 is 2.68 bits per heavy atom. The molecule has 0 saturated carbocycles. The van der Waals surface area contributed by atoms with Crippen LogP contribution in [0.3, 0.4) is 0 Å². The average Bonchev–Trinajstić information content (AvgIpc) is 3.53. The molecule has 174 valence electrons. The summed E-state index contributed by atoms with van der Waals surface area (Å²) in [6.45, 7) is 5.58. The van der Waals surface area contributed by atoms with Crippen LogP contribution < -0.4 is 10.6 Å². The van der Waals surface area contributed by atoms with Crippen LogP contribution >= 0.6 is 15.9 Å². The molecule has 0 bridgehead atoms. The molecule has 6 nitrogen and oxygen atoms in total. The van der Waals surface area contributed by atoms with Crippen molar-refractivity contribution >= 4 is 45.1 Å². The van der Waals surface area contributed by atoms with Crippen molar-refractivity contribution in [3.05, 3.63) is 75.5 Å². The van der Waals surface area contributed by atoms with E-state index in [0.29, 0.717) is 17.7 Å². The lowest BCUT2D eigenvalue weighted by Crippen LogP contribution is -2.33. The van der Waals surface area contributed by atoms with E-state index >= 15 is 0 Å². The highest BCUT2D eigenvalue weighted by Crippen LogP contribution is 2.38. The number of likely N-dealkylation sites (tertiary alicyclic amines) is 1. The Balaban J connectivity index is 1.52. The Bertz CT molecular complexity index is 1270. The quantitative estimate of drug-likeness (QED) is 0.398. The van der Waals surface area contributed by atoms with Gasteiger partial charge in [-0.3, -0.25) is 9.59 Å². The number of carbonyl (C=O) groups excluding carboxylic acids is 2. The number of amides is 2. The number of nitrogens with one attached hydrogen (secondary N) is 3. The number of nitrogens with zero attached hydrogens (tertiary/aromatic N) is 1. The number of halogens is 1. The molecule has 2 aliphatic heterocycles. The number of aromatic amines is 1. The van der Waals surface area contributed by atoms with E-state index in [1.54, 1.807) is 0 Å². The fourth-order valence-electron chi connectivity index (χ4n) is 4.82. The van der Waals surface area contributed by atoms with Crippen molar-refractivity contribution in [3.63, 3.8) is 0 Å². The maximum Gasteiger partial charge on any atom is 0.256 e. The molecule has 0 aliphatic carbocycles. The lowest BCUT2D eigenvalue weighted by atomic mass is 9.97. The van der Waals surface area contributed by atoms with Crippen LogP contribution in [0.5, 0.6) is 0 Å². The van der Waals surface area contributed by atoms with Crippen molar-refractivity contribution in [2.45, 2.75) is 19.8 Å². The molecule has 2 aliphatic rings. The van der Waals surface area contributed by atoms with Crippen molar-refractivity contribution in [1.82, 2.24) is 15.2 Å². The Labute approximate surface area is 207 Å². The number of aromatic nitrogens is 1. The van der Waals surface area contributed by atoms with Gasteiger partial charge in [0.15, 0.2) is 0 Å². The predicted molar refractivity (Wildman–Crippen MR) is 140 cm³/mol. The van der Waals surface area contributed by atoms with E-state index in [2.05, 4.69) is 36.4 Å². The first-order chi connectivity index (χ1) is 16.5. The van der Waals surface area contributed by atoms with Gasteiger partial charge in [-0.2, -0.15) is 0 Å². The fourth-order valence-corrected chi connectivity index (χ4v) is 5.18. The number of H-pyrrole nitrogens is 1. The number of anilines is 1. The standard InChI is InChI=1S/C27H27BrN4O2/c1-17-24(27(34)29-11-14-32-12-5-6-13-32)25(18-7-3-2-4-8-18)23(30-17)16-21-20-15-19(28)9-10-22(20)31-26(21)33/h2-4,7-10,15-16,30H,5-6,11-14H2,1H3,(H,29,34)(H,31,33). The molecule has 5 rings (SSSR count). The molecule has 2 aromatic carbocycles. The maximum atomic E-state index is 13.3. The van der Waals surface area contributed by atoms with Gasteiger partial charge in [-0.05, 0) is 62.7 Å². The van der Waals surface area contributed by atoms with Gasteiger partial charge < -0.3 is 20.5 Å². The maximum absolute atomic E-state index is 13.3. The highest BCUT2D eigenvalue weighted by Gasteiger charge is 2.27. The smallest absolute Gasteiger partial charge is 0.256 e. The number of fused-ring (bicyclic) bond motifs is 1. The zero-order chi connectivity index (χ0) is 23.7. The second-order valence-electron chi connectivity index (χ2n) is 8.79. The number of aryl methyl sites for hydroxylation is 1. The molecule has 0 spiro atoms. The third-order valence-corrected chi connectivity index (χ3v) is 6.96. The van der Waals surface area contributed by atoms with Crippen LogP contribution in [-0.2, 0) is 4.79 Å². The lowest BCUT2D eigenvalue weighted by molar-refractivity contribution is -0.110. The molecule has 0 radical (unpaired) electrons. The molecule has 34 heavy (non-hydrogen) atoms. The number of benzene rings is 2. The number of hydrogen-bond acceptors (Lipinski definition) is 3. The van der Waals surface area contributed by atoms with Crippen LogP contribution in [0.25, 0.3) is 22.8 Å². The van der Waals surface area contributed by atoms with E-state index in [1.807, 2.05) is 61.5 Å². The Morgan fingerprint density at radius 2 is 1.91 bits per heavy atom.